The topological polar surface area (TPSA) is 95.9 Å². The highest BCUT2D eigenvalue weighted by Crippen LogP contribution is 2.18. The average molecular weight is 961 g/mol. The molecule has 6 nitrogen and oxygen atoms in total. The summed E-state index contributed by atoms with van der Waals surface area (Å²) in [6.07, 6.45) is 69.3. The van der Waals surface area contributed by atoms with Crippen LogP contribution < -0.4 is 5.32 Å². The lowest BCUT2D eigenvalue weighted by Gasteiger charge is -2.22. The Labute approximate surface area is 425 Å². The van der Waals surface area contributed by atoms with Crippen LogP contribution in [-0.4, -0.2) is 47.4 Å². The molecule has 0 radical (unpaired) electrons. The SMILES string of the molecule is CCCCCCCCCCCCCCCCCCCCCCC(O)C(CO)NC(=O)CCCCCCCCC/C=C\CCCCCCCCOC(=O)CCCCCCCCCCCCCCCC. The van der Waals surface area contributed by atoms with E-state index in [0.717, 1.165) is 51.4 Å². The number of nitrogens with one attached hydrogen (secondary N) is 1. The van der Waals surface area contributed by atoms with E-state index < -0.39 is 12.1 Å². The third kappa shape index (κ3) is 53.9. The first kappa shape index (κ1) is 66.6. The molecule has 2 atom stereocenters. The summed E-state index contributed by atoms with van der Waals surface area (Å²) in [6.45, 7) is 4.96. The summed E-state index contributed by atoms with van der Waals surface area (Å²) in [4.78, 5) is 24.6. The Hall–Kier alpha value is -1.40. The average Bonchev–Trinajstić information content (AvgIpc) is 3.34. The number of ether oxygens (including phenoxy) is 1. The Kier molecular flexibility index (Phi) is 57.0. The van der Waals surface area contributed by atoms with Crippen molar-refractivity contribution in [1.29, 1.82) is 0 Å². The maximum atomic E-state index is 12.5. The lowest BCUT2D eigenvalue weighted by molar-refractivity contribution is -0.143. The van der Waals surface area contributed by atoms with Gasteiger partial charge in [-0.15, -0.1) is 0 Å². The molecule has 68 heavy (non-hydrogen) atoms. The maximum absolute atomic E-state index is 12.5. The number of rotatable bonds is 58. The highest BCUT2D eigenvalue weighted by atomic mass is 16.5. The van der Waals surface area contributed by atoms with Gasteiger partial charge in [0.1, 0.15) is 0 Å². The zero-order valence-corrected chi connectivity index (χ0v) is 46.1. The van der Waals surface area contributed by atoms with Crippen molar-refractivity contribution in [3.63, 3.8) is 0 Å². The highest BCUT2D eigenvalue weighted by molar-refractivity contribution is 5.76. The summed E-state index contributed by atoms with van der Waals surface area (Å²) in [5.74, 6) is -0.0419. The van der Waals surface area contributed by atoms with E-state index in [4.69, 9.17) is 4.74 Å². The van der Waals surface area contributed by atoms with E-state index in [9.17, 15) is 19.8 Å². The molecule has 1 amide bonds. The molecule has 6 heteroatoms. The minimum atomic E-state index is -0.672. The van der Waals surface area contributed by atoms with Crippen LogP contribution >= 0.6 is 0 Å². The minimum absolute atomic E-state index is 0.00141. The second kappa shape index (κ2) is 58.2. The number of allylic oxidation sites excluding steroid dienone is 2. The summed E-state index contributed by atoms with van der Waals surface area (Å²) in [7, 11) is 0. The lowest BCUT2D eigenvalue weighted by Crippen LogP contribution is -2.45. The molecule has 0 aliphatic rings. The van der Waals surface area contributed by atoms with Gasteiger partial charge in [-0.25, -0.2) is 0 Å². The van der Waals surface area contributed by atoms with Crippen LogP contribution in [0, 0.1) is 0 Å². The summed E-state index contributed by atoms with van der Waals surface area (Å²) in [5.41, 5.74) is 0. The molecule has 0 saturated heterocycles. The Morgan fingerprint density at radius 3 is 1.04 bits per heavy atom. The molecule has 0 aliphatic heterocycles. The monoisotopic (exact) mass is 960 g/mol. The molecule has 0 bridgehead atoms. The molecule has 2 unspecified atom stereocenters. The van der Waals surface area contributed by atoms with Crippen molar-refractivity contribution in [1.82, 2.24) is 5.32 Å². The number of aliphatic hydroxyl groups excluding tert-OH is 2. The number of carbonyl (C=O) groups is 2. The molecule has 0 saturated carbocycles. The maximum Gasteiger partial charge on any atom is 0.305 e. The van der Waals surface area contributed by atoms with Crippen molar-refractivity contribution in [2.45, 2.75) is 360 Å². The van der Waals surface area contributed by atoms with Gasteiger partial charge in [-0.2, -0.15) is 0 Å². The molecule has 0 aromatic heterocycles. The van der Waals surface area contributed by atoms with Crippen molar-refractivity contribution in [2.75, 3.05) is 13.2 Å². The summed E-state index contributed by atoms with van der Waals surface area (Å²) >= 11 is 0. The third-order valence-electron chi connectivity index (χ3n) is 14.6. The predicted octanol–water partition coefficient (Wildman–Crippen LogP) is 19.2. The Morgan fingerprint density at radius 2 is 0.691 bits per heavy atom. The molecule has 0 aliphatic carbocycles. The molecular formula is C62H121NO5. The smallest absolute Gasteiger partial charge is 0.305 e. The highest BCUT2D eigenvalue weighted by Gasteiger charge is 2.20. The van der Waals surface area contributed by atoms with Gasteiger partial charge in [-0.3, -0.25) is 9.59 Å². The molecule has 0 aromatic carbocycles. The number of unbranched alkanes of at least 4 members (excludes halogenated alkanes) is 45. The van der Waals surface area contributed by atoms with E-state index in [-0.39, 0.29) is 18.5 Å². The van der Waals surface area contributed by atoms with Gasteiger partial charge in [0, 0.05) is 12.8 Å². The molecule has 0 spiro atoms. The third-order valence-corrected chi connectivity index (χ3v) is 14.6. The zero-order chi connectivity index (χ0) is 49.3. The minimum Gasteiger partial charge on any atom is -0.466 e. The number of carbonyl (C=O) groups excluding carboxylic acids is 2. The Bertz CT molecular complexity index is 1020. The molecule has 0 fully saturated rings. The number of aliphatic hydroxyl groups is 2. The number of hydrogen-bond acceptors (Lipinski definition) is 5. The van der Waals surface area contributed by atoms with Crippen LogP contribution in [0.1, 0.15) is 348 Å². The second-order valence-electron chi connectivity index (χ2n) is 21.4. The first-order valence-corrected chi connectivity index (χ1v) is 30.9. The Morgan fingerprint density at radius 1 is 0.397 bits per heavy atom. The number of esters is 1. The van der Waals surface area contributed by atoms with Gasteiger partial charge >= 0.3 is 5.97 Å². The first-order chi connectivity index (χ1) is 33.5. The van der Waals surface area contributed by atoms with Gasteiger partial charge in [0.15, 0.2) is 0 Å². The van der Waals surface area contributed by atoms with Crippen LogP contribution in [0.3, 0.4) is 0 Å². The fourth-order valence-electron chi connectivity index (χ4n) is 9.81. The second-order valence-corrected chi connectivity index (χ2v) is 21.4. The van der Waals surface area contributed by atoms with Crippen LogP contribution in [0.25, 0.3) is 0 Å². The normalized spacial score (nSPS) is 12.6. The van der Waals surface area contributed by atoms with Crippen molar-refractivity contribution in [3.8, 4) is 0 Å². The fourth-order valence-corrected chi connectivity index (χ4v) is 9.81. The van der Waals surface area contributed by atoms with E-state index >= 15 is 0 Å². The predicted molar refractivity (Wildman–Crippen MR) is 297 cm³/mol. The van der Waals surface area contributed by atoms with Crippen molar-refractivity contribution in [2.24, 2.45) is 0 Å². The number of amides is 1. The summed E-state index contributed by atoms with van der Waals surface area (Å²) in [6, 6.07) is -0.550. The van der Waals surface area contributed by atoms with Gasteiger partial charge in [-0.05, 0) is 51.4 Å². The molecule has 0 heterocycles. The van der Waals surface area contributed by atoms with Crippen LogP contribution in [0.5, 0.6) is 0 Å². The van der Waals surface area contributed by atoms with Crippen LogP contribution in [-0.2, 0) is 14.3 Å². The van der Waals surface area contributed by atoms with Gasteiger partial charge in [-0.1, -0.05) is 296 Å². The molecule has 0 aromatic rings. The van der Waals surface area contributed by atoms with E-state index in [0.29, 0.717) is 25.9 Å². The van der Waals surface area contributed by atoms with Crippen molar-refractivity contribution < 1.29 is 24.5 Å². The van der Waals surface area contributed by atoms with Crippen molar-refractivity contribution in [3.05, 3.63) is 12.2 Å². The summed E-state index contributed by atoms with van der Waals surface area (Å²) < 4.78 is 5.47. The van der Waals surface area contributed by atoms with Gasteiger partial charge < -0.3 is 20.3 Å². The quantitative estimate of drug-likeness (QED) is 0.0321. The molecule has 404 valence electrons. The van der Waals surface area contributed by atoms with Gasteiger partial charge in [0.25, 0.3) is 0 Å². The molecule has 0 rings (SSSR count). The van der Waals surface area contributed by atoms with E-state index in [1.54, 1.807) is 0 Å². The zero-order valence-electron chi connectivity index (χ0n) is 46.1. The Balaban J connectivity index is 3.44. The fraction of sp³-hybridized carbons (Fsp3) is 0.935. The first-order valence-electron chi connectivity index (χ1n) is 30.9. The van der Waals surface area contributed by atoms with Crippen molar-refractivity contribution >= 4 is 11.9 Å². The van der Waals surface area contributed by atoms with Crippen LogP contribution in [0.15, 0.2) is 12.2 Å². The molecular weight excluding hydrogens is 839 g/mol. The summed E-state index contributed by atoms with van der Waals surface area (Å²) in [5, 5.41) is 23.3. The lowest BCUT2D eigenvalue weighted by atomic mass is 10.0. The standard InChI is InChI=1S/C62H121NO5/c1-3-5-7-9-11-13-15-17-19-20-21-22-24-27-30-34-38-42-46-50-54-60(65)59(58-64)63-61(66)55-51-47-43-39-35-31-28-25-23-26-29-33-37-41-45-49-53-57-68-62(67)56-52-48-44-40-36-32-18-16-14-12-10-8-6-4-2/h23,26,59-60,64-65H,3-22,24-25,27-58H2,1-2H3,(H,63,66)/b26-23-. The largest absolute Gasteiger partial charge is 0.466 e. The van der Waals surface area contributed by atoms with Crippen LogP contribution in [0.2, 0.25) is 0 Å². The molecule has 3 N–H and O–H groups in total. The van der Waals surface area contributed by atoms with Crippen LogP contribution in [0.4, 0.5) is 0 Å². The van der Waals surface area contributed by atoms with Gasteiger partial charge in [0.05, 0.1) is 25.4 Å². The van der Waals surface area contributed by atoms with Gasteiger partial charge in [0.2, 0.25) is 5.91 Å². The van der Waals surface area contributed by atoms with E-state index in [1.807, 2.05) is 0 Å². The van der Waals surface area contributed by atoms with E-state index in [1.165, 1.54) is 263 Å². The number of hydrogen-bond donors (Lipinski definition) is 3. The van der Waals surface area contributed by atoms with E-state index in [2.05, 4.69) is 31.3 Å².